The molecule has 1 fully saturated rings. The number of likely N-dealkylation sites (N-methyl/N-ethyl adjacent to an activating group) is 1. The van der Waals surface area contributed by atoms with E-state index in [0.717, 1.165) is 4.47 Å². The molecular formula is C28H27BrN2. The van der Waals surface area contributed by atoms with Gasteiger partial charge in [0.25, 0.3) is 0 Å². The van der Waals surface area contributed by atoms with Crippen molar-refractivity contribution < 1.29 is 0 Å². The van der Waals surface area contributed by atoms with E-state index in [1.54, 1.807) is 0 Å². The second kappa shape index (κ2) is 9.19. The van der Waals surface area contributed by atoms with Crippen LogP contribution >= 0.6 is 15.9 Å². The molecule has 0 saturated carbocycles. The van der Waals surface area contributed by atoms with Gasteiger partial charge in [-0.1, -0.05) is 113 Å². The Morgan fingerprint density at radius 2 is 1.10 bits per heavy atom. The second-order valence-electron chi connectivity index (χ2n) is 7.64. The first-order valence-corrected chi connectivity index (χ1v) is 11.3. The lowest BCUT2D eigenvalue weighted by atomic mass is 9.84. The molecule has 1 saturated heterocycles. The number of benzene rings is 4. The number of hydrogen-bond donors (Lipinski definition) is 1. The molecule has 3 atom stereocenters. The van der Waals surface area contributed by atoms with Gasteiger partial charge < -0.3 is 5.73 Å². The van der Waals surface area contributed by atoms with Gasteiger partial charge in [-0.3, -0.25) is 4.90 Å². The SMILES string of the molecule is CN.CN1C(c2ccccc2)C1(c1ccccc1)c1ccc(-c2ccc(Br)cc2)cc1. The van der Waals surface area contributed by atoms with Gasteiger partial charge in [0.2, 0.25) is 0 Å². The Balaban J connectivity index is 0.00000112. The molecule has 2 N–H and O–H groups in total. The molecule has 1 heterocycles. The first-order valence-electron chi connectivity index (χ1n) is 10.5. The monoisotopic (exact) mass is 470 g/mol. The van der Waals surface area contributed by atoms with Crippen molar-refractivity contribution in [3.05, 3.63) is 130 Å². The summed E-state index contributed by atoms with van der Waals surface area (Å²) in [6.07, 6.45) is 0. The van der Waals surface area contributed by atoms with Crippen LogP contribution in [0.4, 0.5) is 0 Å². The Morgan fingerprint density at radius 3 is 1.65 bits per heavy atom. The Bertz CT molecular complexity index is 1110. The average Bonchev–Trinajstić information content (AvgIpc) is 3.48. The molecule has 3 unspecified atom stereocenters. The van der Waals surface area contributed by atoms with Gasteiger partial charge >= 0.3 is 0 Å². The Kier molecular flexibility index (Phi) is 6.38. The first-order chi connectivity index (χ1) is 15.2. The number of hydrogen-bond acceptors (Lipinski definition) is 2. The fourth-order valence-corrected chi connectivity index (χ4v) is 4.92. The van der Waals surface area contributed by atoms with E-state index in [1.165, 1.54) is 34.9 Å². The maximum absolute atomic E-state index is 4.50. The van der Waals surface area contributed by atoms with Crippen molar-refractivity contribution in [1.29, 1.82) is 0 Å². The molecular weight excluding hydrogens is 444 g/mol. The van der Waals surface area contributed by atoms with Crippen LogP contribution in [0.3, 0.4) is 0 Å². The summed E-state index contributed by atoms with van der Waals surface area (Å²) in [5, 5.41) is 0. The lowest BCUT2D eigenvalue weighted by Gasteiger charge is -2.19. The summed E-state index contributed by atoms with van der Waals surface area (Å²) < 4.78 is 1.10. The maximum Gasteiger partial charge on any atom is 0.0919 e. The summed E-state index contributed by atoms with van der Waals surface area (Å²) in [6.45, 7) is 0. The summed E-state index contributed by atoms with van der Waals surface area (Å²) in [5.41, 5.74) is 10.9. The maximum atomic E-state index is 4.50. The second-order valence-corrected chi connectivity index (χ2v) is 8.56. The molecule has 156 valence electrons. The number of nitrogens with two attached hydrogens (primary N) is 1. The van der Waals surface area contributed by atoms with Crippen LogP contribution < -0.4 is 5.73 Å². The van der Waals surface area contributed by atoms with E-state index < -0.39 is 0 Å². The van der Waals surface area contributed by atoms with Gasteiger partial charge in [-0.05, 0) is 54.0 Å². The topological polar surface area (TPSA) is 29.0 Å². The lowest BCUT2D eigenvalue weighted by Crippen LogP contribution is -2.16. The van der Waals surface area contributed by atoms with Crippen molar-refractivity contribution in [3.63, 3.8) is 0 Å². The molecule has 5 rings (SSSR count). The standard InChI is InChI=1S/C27H22BrN.CH5N/c1-29-26(22-8-4-2-5-9-22)27(29,23-10-6-3-7-11-23)24-16-12-20(13-17-24)21-14-18-25(28)19-15-21;1-2/h2-19,26H,1H3;2H2,1H3. The van der Waals surface area contributed by atoms with Gasteiger partial charge in [0.15, 0.2) is 0 Å². The van der Waals surface area contributed by atoms with E-state index in [9.17, 15) is 0 Å². The minimum Gasteiger partial charge on any atom is -0.333 e. The summed E-state index contributed by atoms with van der Waals surface area (Å²) in [6, 6.07) is 39.6. The third kappa shape index (κ3) is 3.85. The molecule has 0 spiro atoms. The molecule has 4 aromatic rings. The third-order valence-electron chi connectivity index (χ3n) is 6.10. The molecule has 1 aliphatic rings. The van der Waals surface area contributed by atoms with Crippen LogP contribution in [0.1, 0.15) is 22.7 Å². The highest BCUT2D eigenvalue weighted by Gasteiger charge is 2.62. The van der Waals surface area contributed by atoms with E-state index in [4.69, 9.17) is 0 Å². The summed E-state index contributed by atoms with van der Waals surface area (Å²) in [7, 11) is 3.73. The van der Waals surface area contributed by atoms with Crippen molar-refractivity contribution in [3.8, 4) is 11.1 Å². The number of nitrogens with zero attached hydrogens (tertiary/aromatic N) is 1. The molecule has 1 aliphatic heterocycles. The zero-order valence-electron chi connectivity index (χ0n) is 17.9. The van der Waals surface area contributed by atoms with Crippen LogP contribution in [0.15, 0.2) is 114 Å². The first kappa shape index (κ1) is 21.5. The molecule has 4 aromatic carbocycles. The van der Waals surface area contributed by atoms with E-state index in [1.807, 2.05) is 0 Å². The van der Waals surface area contributed by atoms with E-state index in [0.29, 0.717) is 6.04 Å². The predicted molar refractivity (Wildman–Crippen MR) is 134 cm³/mol. The Labute approximate surface area is 193 Å². The zero-order valence-corrected chi connectivity index (χ0v) is 19.5. The minimum atomic E-state index is -0.124. The van der Waals surface area contributed by atoms with Crippen molar-refractivity contribution in [1.82, 2.24) is 4.90 Å². The minimum absolute atomic E-state index is 0.124. The lowest BCUT2D eigenvalue weighted by molar-refractivity contribution is 0.533. The Hall–Kier alpha value is -2.72. The van der Waals surface area contributed by atoms with Gasteiger partial charge in [0, 0.05) is 4.47 Å². The number of rotatable bonds is 4. The fraction of sp³-hybridized carbons (Fsp3) is 0.143. The average molecular weight is 471 g/mol. The molecule has 0 amide bonds. The summed E-state index contributed by atoms with van der Waals surface area (Å²) in [5.74, 6) is 0. The van der Waals surface area contributed by atoms with E-state index in [2.05, 4.69) is 143 Å². The van der Waals surface area contributed by atoms with Gasteiger partial charge in [-0.2, -0.15) is 0 Å². The highest BCUT2D eigenvalue weighted by Crippen LogP contribution is 2.62. The molecule has 31 heavy (non-hydrogen) atoms. The van der Waals surface area contributed by atoms with Crippen molar-refractivity contribution in [2.24, 2.45) is 5.73 Å². The van der Waals surface area contributed by atoms with E-state index >= 15 is 0 Å². The Morgan fingerprint density at radius 1 is 0.645 bits per heavy atom. The van der Waals surface area contributed by atoms with Gasteiger partial charge in [0.1, 0.15) is 0 Å². The van der Waals surface area contributed by atoms with Crippen molar-refractivity contribution >= 4 is 15.9 Å². The summed E-state index contributed by atoms with van der Waals surface area (Å²) in [4.78, 5) is 2.48. The normalized spacial score (nSPS) is 21.7. The zero-order chi connectivity index (χ0) is 21.8. The molecule has 0 bridgehead atoms. The highest BCUT2D eigenvalue weighted by atomic mass is 79.9. The molecule has 0 radical (unpaired) electrons. The van der Waals surface area contributed by atoms with Gasteiger partial charge in [0.05, 0.1) is 11.6 Å². The van der Waals surface area contributed by atoms with Crippen molar-refractivity contribution in [2.75, 3.05) is 14.1 Å². The number of halogens is 1. The van der Waals surface area contributed by atoms with Crippen LogP contribution in [0.2, 0.25) is 0 Å². The molecule has 0 aliphatic carbocycles. The van der Waals surface area contributed by atoms with Crippen molar-refractivity contribution in [2.45, 2.75) is 11.6 Å². The predicted octanol–water partition coefficient (Wildman–Crippen LogP) is 6.62. The van der Waals surface area contributed by atoms with Crippen LogP contribution in [0, 0.1) is 0 Å². The molecule has 3 heteroatoms. The van der Waals surface area contributed by atoms with Gasteiger partial charge in [-0.25, -0.2) is 0 Å². The molecule has 0 aromatic heterocycles. The largest absolute Gasteiger partial charge is 0.333 e. The quantitative estimate of drug-likeness (QED) is 0.339. The third-order valence-corrected chi connectivity index (χ3v) is 6.63. The fourth-order valence-electron chi connectivity index (χ4n) is 4.66. The molecule has 2 nitrogen and oxygen atoms in total. The van der Waals surface area contributed by atoms with Crippen LogP contribution in [-0.2, 0) is 5.54 Å². The highest BCUT2D eigenvalue weighted by molar-refractivity contribution is 9.10. The summed E-state index contributed by atoms with van der Waals surface area (Å²) >= 11 is 3.52. The van der Waals surface area contributed by atoms with E-state index in [-0.39, 0.29) is 5.54 Å². The van der Waals surface area contributed by atoms with Gasteiger partial charge in [-0.15, -0.1) is 0 Å². The van der Waals surface area contributed by atoms with Crippen LogP contribution in [0.25, 0.3) is 11.1 Å². The van der Waals surface area contributed by atoms with Crippen LogP contribution in [0.5, 0.6) is 0 Å². The van der Waals surface area contributed by atoms with Crippen LogP contribution in [-0.4, -0.2) is 19.0 Å². The smallest absolute Gasteiger partial charge is 0.0919 e.